The van der Waals surface area contributed by atoms with Crippen molar-refractivity contribution in [1.82, 2.24) is 10.3 Å². The van der Waals surface area contributed by atoms with Crippen LogP contribution < -0.4 is 16.2 Å². The molecule has 0 bridgehead atoms. The molecule has 1 aliphatic heterocycles. The number of aromatic nitrogens is 1. The third-order valence-corrected chi connectivity index (χ3v) is 3.84. The van der Waals surface area contributed by atoms with Crippen molar-refractivity contribution in [3.05, 3.63) is 39.7 Å². The average molecular weight is 271 g/mol. The zero-order chi connectivity index (χ0) is 13.9. The van der Waals surface area contributed by atoms with Crippen LogP contribution in [-0.2, 0) is 13.0 Å². The predicted molar refractivity (Wildman–Crippen MR) is 83.4 cm³/mol. The molecule has 2 heterocycles. The number of hydrogen-bond acceptors (Lipinski definition) is 3. The first kappa shape index (κ1) is 13.2. The van der Waals surface area contributed by atoms with Crippen molar-refractivity contribution in [2.24, 2.45) is 0 Å². The second kappa shape index (κ2) is 5.67. The SMILES string of the molecule is CCCNCc1ccc2c3c(c(=O)[nH]c2c1)CCCN3. The lowest BCUT2D eigenvalue weighted by Gasteiger charge is -2.19. The minimum absolute atomic E-state index is 0.0540. The van der Waals surface area contributed by atoms with Crippen molar-refractivity contribution in [2.45, 2.75) is 32.7 Å². The van der Waals surface area contributed by atoms with Gasteiger partial charge in [0.25, 0.3) is 5.56 Å². The van der Waals surface area contributed by atoms with Crippen LogP contribution in [0.3, 0.4) is 0 Å². The first-order valence-corrected chi connectivity index (χ1v) is 7.42. The van der Waals surface area contributed by atoms with Gasteiger partial charge < -0.3 is 15.6 Å². The Labute approximate surface area is 118 Å². The largest absolute Gasteiger partial charge is 0.384 e. The summed E-state index contributed by atoms with van der Waals surface area (Å²) < 4.78 is 0. The van der Waals surface area contributed by atoms with Gasteiger partial charge in [0.15, 0.2) is 0 Å². The number of nitrogens with one attached hydrogen (secondary N) is 3. The third-order valence-electron chi connectivity index (χ3n) is 3.84. The molecule has 4 nitrogen and oxygen atoms in total. The Bertz CT molecular complexity index is 675. The van der Waals surface area contributed by atoms with Gasteiger partial charge in [-0.05, 0) is 37.4 Å². The van der Waals surface area contributed by atoms with E-state index in [1.807, 2.05) is 0 Å². The van der Waals surface area contributed by atoms with Gasteiger partial charge in [0.1, 0.15) is 0 Å². The summed E-state index contributed by atoms with van der Waals surface area (Å²) >= 11 is 0. The van der Waals surface area contributed by atoms with E-state index in [1.165, 1.54) is 5.56 Å². The normalized spacial score (nSPS) is 14.1. The van der Waals surface area contributed by atoms with Crippen LogP contribution in [0.15, 0.2) is 23.0 Å². The number of fused-ring (bicyclic) bond motifs is 3. The lowest BCUT2D eigenvalue weighted by molar-refractivity contribution is 0.676. The number of rotatable bonds is 4. The summed E-state index contributed by atoms with van der Waals surface area (Å²) in [5, 5.41) is 7.89. The summed E-state index contributed by atoms with van der Waals surface area (Å²) in [6.45, 7) is 4.96. The first-order chi connectivity index (χ1) is 9.79. The molecular weight excluding hydrogens is 250 g/mol. The zero-order valence-electron chi connectivity index (χ0n) is 11.9. The van der Waals surface area contributed by atoms with E-state index in [9.17, 15) is 4.79 Å². The first-order valence-electron chi connectivity index (χ1n) is 7.42. The highest BCUT2D eigenvalue weighted by Crippen LogP contribution is 2.27. The van der Waals surface area contributed by atoms with Crippen molar-refractivity contribution < 1.29 is 0 Å². The molecule has 0 unspecified atom stereocenters. The molecule has 106 valence electrons. The van der Waals surface area contributed by atoms with Crippen LogP contribution in [0.5, 0.6) is 0 Å². The monoisotopic (exact) mass is 271 g/mol. The topological polar surface area (TPSA) is 56.9 Å². The highest BCUT2D eigenvalue weighted by molar-refractivity contribution is 5.93. The van der Waals surface area contributed by atoms with Crippen LogP contribution in [0.4, 0.5) is 5.69 Å². The highest BCUT2D eigenvalue weighted by atomic mass is 16.1. The lowest BCUT2D eigenvalue weighted by atomic mass is 10.0. The molecule has 20 heavy (non-hydrogen) atoms. The number of hydrogen-bond donors (Lipinski definition) is 3. The van der Waals surface area contributed by atoms with E-state index in [4.69, 9.17) is 0 Å². The maximum absolute atomic E-state index is 12.1. The smallest absolute Gasteiger partial charge is 0.253 e. The van der Waals surface area contributed by atoms with Gasteiger partial charge in [-0.1, -0.05) is 19.1 Å². The summed E-state index contributed by atoms with van der Waals surface area (Å²) in [4.78, 5) is 15.2. The Hall–Kier alpha value is -1.81. The summed E-state index contributed by atoms with van der Waals surface area (Å²) in [5.74, 6) is 0. The number of H-pyrrole nitrogens is 1. The Balaban J connectivity index is 2.01. The van der Waals surface area contributed by atoms with E-state index in [1.54, 1.807) is 0 Å². The van der Waals surface area contributed by atoms with Crippen molar-refractivity contribution in [1.29, 1.82) is 0 Å². The minimum atomic E-state index is 0.0540. The fraction of sp³-hybridized carbons (Fsp3) is 0.438. The van der Waals surface area contributed by atoms with Crippen LogP contribution in [0.1, 0.15) is 30.9 Å². The van der Waals surface area contributed by atoms with Gasteiger partial charge in [0.2, 0.25) is 0 Å². The molecule has 4 heteroatoms. The molecule has 3 N–H and O–H groups in total. The molecule has 2 aromatic rings. The van der Waals surface area contributed by atoms with E-state index >= 15 is 0 Å². The molecule has 0 saturated carbocycles. The molecule has 1 aliphatic rings. The van der Waals surface area contributed by atoms with E-state index in [-0.39, 0.29) is 5.56 Å². The Kier molecular flexibility index (Phi) is 3.74. The van der Waals surface area contributed by atoms with Crippen LogP contribution in [-0.4, -0.2) is 18.1 Å². The Morgan fingerprint density at radius 1 is 1.35 bits per heavy atom. The number of pyridine rings is 1. The molecule has 1 aromatic heterocycles. The van der Waals surface area contributed by atoms with E-state index < -0.39 is 0 Å². The molecule has 0 fully saturated rings. The van der Waals surface area contributed by atoms with Gasteiger partial charge in [-0.2, -0.15) is 0 Å². The summed E-state index contributed by atoms with van der Waals surface area (Å²) in [6.07, 6.45) is 3.02. The molecule has 0 spiro atoms. The quantitative estimate of drug-likeness (QED) is 0.748. The van der Waals surface area contributed by atoms with Gasteiger partial charge in [-0.25, -0.2) is 0 Å². The molecule has 0 radical (unpaired) electrons. The van der Waals surface area contributed by atoms with Gasteiger partial charge in [0.05, 0.1) is 11.2 Å². The Morgan fingerprint density at radius 3 is 3.10 bits per heavy atom. The molecule has 0 aliphatic carbocycles. The highest BCUT2D eigenvalue weighted by Gasteiger charge is 2.15. The summed E-state index contributed by atoms with van der Waals surface area (Å²) in [6, 6.07) is 6.33. The van der Waals surface area contributed by atoms with Crippen LogP contribution in [0.25, 0.3) is 10.9 Å². The van der Waals surface area contributed by atoms with Crippen LogP contribution in [0, 0.1) is 0 Å². The number of aromatic amines is 1. The van der Waals surface area contributed by atoms with E-state index in [2.05, 4.69) is 40.7 Å². The van der Waals surface area contributed by atoms with Crippen molar-refractivity contribution in [2.75, 3.05) is 18.4 Å². The van der Waals surface area contributed by atoms with Gasteiger partial charge in [0, 0.05) is 24.0 Å². The predicted octanol–water partition coefficient (Wildman–Crippen LogP) is 2.39. The van der Waals surface area contributed by atoms with Crippen LogP contribution >= 0.6 is 0 Å². The fourth-order valence-corrected chi connectivity index (χ4v) is 2.83. The second-order valence-electron chi connectivity index (χ2n) is 5.39. The number of benzene rings is 1. The number of anilines is 1. The standard InChI is InChI=1S/C16H21N3O/c1-2-7-17-10-11-5-6-12-14(9-11)19-16(20)13-4-3-8-18-15(12)13/h5-6,9,17-18H,2-4,7-8,10H2,1H3,(H,19,20). The zero-order valence-corrected chi connectivity index (χ0v) is 11.9. The average Bonchev–Trinajstić information content (AvgIpc) is 2.48. The van der Waals surface area contributed by atoms with Gasteiger partial charge >= 0.3 is 0 Å². The summed E-state index contributed by atoms with van der Waals surface area (Å²) in [7, 11) is 0. The third kappa shape index (κ3) is 2.43. The molecule has 0 amide bonds. The van der Waals surface area contributed by atoms with Crippen molar-refractivity contribution in [3.63, 3.8) is 0 Å². The van der Waals surface area contributed by atoms with Crippen molar-refractivity contribution >= 4 is 16.6 Å². The van der Waals surface area contributed by atoms with Crippen LogP contribution in [0.2, 0.25) is 0 Å². The molecular formula is C16H21N3O. The van der Waals surface area contributed by atoms with Gasteiger partial charge in [-0.15, -0.1) is 0 Å². The fourth-order valence-electron chi connectivity index (χ4n) is 2.83. The maximum Gasteiger partial charge on any atom is 0.253 e. The lowest BCUT2D eigenvalue weighted by Crippen LogP contribution is -2.22. The maximum atomic E-state index is 12.1. The molecule has 1 aromatic carbocycles. The molecule has 0 saturated heterocycles. The van der Waals surface area contributed by atoms with E-state index in [0.717, 1.165) is 61.1 Å². The minimum Gasteiger partial charge on any atom is -0.384 e. The second-order valence-corrected chi connectivity index (χ2v) is 5.39. The van der Waals surface area contributed by atoms with Gasteiger partial charge in [-0.3, -0.25) is 4.79 Å². The van der Waals surface area contributed by atoms with E-state index in [0.29, 0.717) is 0 Å². The summed E-state index contributed by atoms with van der Waals surface area (Å²) in [5.41, 5.74) is 4.12. The molecule has 3 rings (SSSR count). The Morgan fingerprint density at radius 2 is 2.25 bits per heavy atom. The van der Waals surface area contributed by atoms with Crippen molar-refractivity contribution in [3.8, 4) is 0 Å². The molecule has 0 atom stereocenters.